The molecule has 0 N–H and O–H groups in total. The molecule has 1 heteroatoms. The zero-order valence-corrected chi connectivity index (χ0v) is 11.7. The molecule has 82 valence electrons. The molecule has 0 atom stereocenters. The predicted octanol–water partition coefficient (Wildman–Crippen LogP) is 4.32. The maximum atomic E-state index is 2.38. The van der Waals surface area contributed by atoms with E-state index in [0.29, 0.717) is 0 Å². The number of hydrogen-bond acceptors (Lipinski definition) is 0. The van der Waals surface area contributed by atoms with Gasteiger partial charge in [0.1, 0.15) is 0 Å². The van der Waals surface area contributed by atoms with Crippen LogP contribution in [-0.4, -0.2) is 0 Å². The Morgan fingerprint density at radius 3 is 1.47 bits per heavy atom. The van der Waals surface area contributed by atoms with Crippen LogP contribution in [0.3, 0.4) is 0 Å². The summed E-state index contributed by atoms with van der Waals surface area (Å²) in [6, 6.07) is 0. The summed E-state index contributed by atoms with van der Waals surface area (Å²) in [5.74, 6) is 0. The van der Waals surface area contributed by atoms with Crippen LogP contribution in [0.5, 0.6) is 0 Å². The molecule has 2 rings (SSSR count). The first-order valence-electron chi connectivity index (χ1n) is 5.45. The molecule has 0 amide bonds. The first kappa shape index (κ1) is 11.1. The van der Waals surface area contributed by atoms with E-state index in [1.165, 1.54) is 24.0 Å². The van der Waals surface area contributed by atoms with Gasteiger partial charge in [-0.05, 0) is 0 Å². The molecule has 0 aromatic heterocycles. The van der Waals surface area contributed by atoms with Gasteiger partial charge >= 0.3 is 100 Å². The van der Waals surface area contributed by atoms with Crippen LogP contribution in [0.2, 0.25) is 0 Å². The van der Waals surface area contributed by atoms with Crippen molar-refractivity contribution in [1.29, 1.82) is 0 Å². The maximum absolute atomic E-state index is 2.38. The van der Waals surface area contributed by atoms with Crippen LogP contribution in [0.15, 0.2) is 42.8 Å². The van der Waals surface area contributed by atoms with Crippen molar-refractivity contribution in [3.8, 4) is 0 Å². The third-order valence-electron chi connectivity index (χ3n) is 3.01. The van der Waals surface area contributed by atoms with Gasteiger partial charge in [0, 0.05) is 0 Å². The molecule has 0 aromatic carbocycles. The summed E-state index contributed by atoms with van der Waals surface area (Å²) < 4.78 is 3.34. The second-order valence-corrected chi connectivity index (χ2v) is 6.61. The molecular weight excluding hydrogens is 269 g/mol. The minimum absolute atomic E-state index is 0.275. The molecular formula is C14H18Ru. The third-order valence-corrected chi connectivity index (χ3v) is 6.73. The third kappa shape index (κ3) is 2.08. The van der Waals surface area contributed by atoms with Gasteiger partial charge in [0.2, 0.25) is 0 Å². The second-order valence-electron chi connectivity index (χ2n) is 4.44. The summed E-state index contributed by atoms with van der Waals surface area (Å²) in [5, 5.41) is 0. The van der Waals surface area contributed by atoms with Crippen LogP contribution in [0.1, 0.15) is 40.5 Å². The average Bonchev–Trinajstić information content (AvgIpc) is 2.67. The van der Waals surface area contributed by atoms with E-state index >= 15 is 0 Å². The van der Waals surface area contributed by atoms with E-state index in [1.807, 2.05) is 0 Å². The summed E-state index contributed by atoms with van der Waals surface area (Å²) in [5.41, 5.74) is 6.27. The van der Waals surface area contributed by atoms with Gasteiger partial charge in [0.05, 0.1) is 0 Å². The summed E-state index contributed by atoms with van der Waals surface area (Å²) in [7, 11) is 0. The Bertz CT molecular complexity index is 377. The Balaban J connectivity index is 2.24. The van der Waals surface area contributed by atoms with Gasteiger partial charge in [0.15, 0.2) is 0 Å². The summed E-state index contributed by atoms with van der Waals surface area (Å²) in [6.07, 6.45) is 7.13. The van der Waals surface area contributed by atoms with Gasteiger partial charge in [-0.25, -0.2) is 0 Å². The van der Waals surface area contributed by atoms with E-state index in [1.54, 1.807) is 19.5 Å². The molecule has 0 bridgehead atoms. The monoisotopic (exact) mass is 288 g/mol. The quantitative estimate of drug-likeness (QED) is 0.664. The van der Waals surface area contributed by atoms with E-state index in [4.69, 9.17) is 0 Å². The van der Waals surface area contributed by atoms with Gasteiger partial charge < -0.3 is 0 Å². The van der Waals surface area contributed by atoms with Gasteiger partial charge in [-0.2, -0.15) is 0 Å². The van der Waals surface area contributed by atoms with Crippen LogP contribution < -0.4 is 0 Å². The molecule has 2 aliphatic carbocycles. The Kier molecular flexibility index (Phi) is 3.12. The van der Waals surface area contributed by atoms with Gasteiger partial charge in [0.25, 0.3) is 0 Å². The van der Waals surface area contributed by atoms with Gasteiger partial charge in [-0.3, -0.25) is 0 Å². The molecule has 0 unspecified atom stereocenters. The van der Waals surface area contributed by atoms with Crippen molar-refractivity contribution in [3.05, 3.63) is 42.8 Å². The van der Waals surface area contributed by atoms with Crippen molar-refractivity contribution in [2.75, 3.05) is 0 Å². The van der Waals surface area contributed by atoms with E-state index in [9.17, 15) is 0 Å². The van der Waals surface area contributed by atoms with E-state index in [-0.39, 0.29) is 17.1 Å². The van der Waals surface area contributed by atoms with Gasteiger partial charge in [-0.15, -0.1) is 0 Å². The molecule has 15 heavy (non-hydrogen) atoms. The van der Waals surface area contributed by atoms with Gasteiger partial charge in [-0.1, -0.05) is 0 Å². The van der Waals surface area contributed by atoms with Crippen LogP contribution >= 0.6 is 0 Å². The molecule has 0 nitrogen and oxygen atoms in total. The number of allylic oxidation sites excluding steroid dienone is 8. The first-order valence-corrected chi connectivity index (χ1v) is 7.19. The zero-order valence-electron chi connectivity index (χ0n) is 9.92. The molecule has 0 fully saturated rings. The summed E-state index contributed by atoms with van der Waals surface area (Å²) in [6.45, 7) is 9.12. The summed E-state index contributed by atoms with van der Waals surface area (Å²) >= 11 is 0.275. The van der Waals surface area contributed by atoms with Crippen LogP contribution in [-0.2, 0) is 17.1 Å². The fraction of sp³-hybridized carbons (Fsp3) is 0.429. The van der Waals surface area contributed by atoms with Crippen molar-refractivity contribution >= 4 is 0 Å². The molecule has 0 aliphatic heterocycles. The summed E-state index contributed by atoms with van der Waals surface area (Å²) in [4.78, 5) is 0. The first-order chi connectivity index (χ1) is 7.09. The van der Waals surface area contributed by atoms with E-state index in [2.05, 4.69) is 39.8 Å². The molecule has 2 aliphatic rings. The van der Waals surface area contributed by atoms with Crippen LogP contribution in [0.25, 0.3) is 0 Å². The Morgan fingerprint density at radius 1 is 0.800 bits per heavy atom. The molecule has 0 radical (unpaired) electrons. The van der Waals surface area contributed by atoms with E-state index < -0.39 is 0 Å². The molecule has 0 saturated heterocycles. The predicted molar refractivity (Wildman–Crippen MR) is 62.1 cm³/mol. The van der Waals surface area contributed by atoms with Crippen LogP contribution in [0.4, 0.5) is 0 Å². The Labute approximate surface area is 100 Å². The standard InChI is InChI=1S/2C7H9.Ru/c2*1-6-3-4-7(2)5-6;/h2*3H,4H2,1-2H3;. The molecule has 0 aromatic rings. The topological polar surface area (TPSA) is 0 Å². The number of hydrogen-bond donors (Lipinski definition) is 0. The van der Waals surface area contributed by atoms with Crippen molar-refractivity contribution < 1.29 is 17.1 Å². The number of rotatable bonds is 2. The Morgan fingerprint density at radius 2 is 1.20 bits per heavy atom. The Hall–Kier alpha value is -0.417. The van der Waals surface area contributed by atoms with E-state index in [0.717, 1.165) is 0 Å². The van der Waals surface area contributed by atoms with Crippen molar-refractivity contribution in [2.24, 2.45) is 0 Å². The average molecular weight is 287 g/mol. The van der Waals surface area contributed by atoms with Crippen molar-refractivity contribution in [2.45, 2.75) is 40.5 Å². The van der Waals surface area contributed by atoms with Crippen molar-refractivity contribution in [3.63, 3.8) is 0 Å². The molecule has 0 saturated carbocycles. The fourth-order valence-electron chi connectivity index (χ4n) is 2.01. The molecule has 0 heterocycles. The fourth-order valence-corrected chi connectivity index (χ4v) is 4.58. The van der Waals surface area contributed by atoms with Crippen molar-refractivity contribution in [1.82, 2.24) is 0 Å². The minimum atomic E-state index is 0.275. The normalized spacial score (nSPS) is 21.6. The zero-order chi connectivity index (χ0) is 11.0. The second kappa shape index (κ2) is 4.22. The van der Waals surface area contributed by atoms with Crippen LogP contribution in [0, 0.1) is 0 Å². The SMILES string of the molecule is CC1=CCC(C)=[C]1[Ru][C]1=C(C)CC=C1C. The molecule has 0 spiro atoms.